The third-order valence-corrected chi connectivity index (χ3v) is 5.29. The highest BCUT2D eigenvalue weighted by molar-refractivity contribution is 7.49. The van der Waals surface area contributed by atoms with Gasteiger partial charge >= 0.3 is 27.4 Å². The Morgan fingerprint density at radius 2 is 0.912 bits per heavy atom. The quantitative estimate of drug-likeness (QED) is 0.186. The lowest BCUT2D eigenvalue weighted by atomic mass is 10.1. The molecule has 0 saturated carbocycles. The first kappa shape index (κ1) is 29.2. The Hall–Kier alpha value is -2.80. The molecule has 0 heterocycles. The van der Waals surface area contributed by atoms with Crippen LogP contribution in [0.25, 0.3) is 0 Å². The van der Waals surface area contributed by atoms with Gasteiger partial charge in [-0.15, -0.1) is 0 Å². The van der Waals surface area contributed by atoms with Crippen molar-refractivity contribution in [1.29, 1.82) is 0 Å². The molecule has 2 rings (SSSR count). The van der Waals surface area contributed by atoms with Crippen LogP contribution in [0, 0.1) is 0 Å². The van der Waals surface area contributed by atoms with Crippen LogP contribution in [0.3, 0.4) is 0 Å². The van der Waals surface area contributed by atoms with Crippen LogP contribution in [-0.2, 0) is 31.6 Å². The van der Waals surface area contributed by atoms with Crippen molar-refractivity contribution in [1.82, 2.24) is 10.2 Å². The molecule has 0 radical (unpaired) electrons. The second-order valence-electron chi connectivity index (χ2n) is 6.87. The van der Waals surface area contributed by atoms with Crippen LogP contribution in [0.15, 0.2) is 48.5 Å². The highest BCUT2D eigenvalue weighted by Crippen LogP contribution is 2.30. The molecule has 0 amide bonds. The lowest BCUT2D eigenvalue weighted by molar-refractivity contribution is -0.140. The summed E-state index contributed by atoms with van der Waals surface area (Å²) in [7, 11) is -9.20. The van der Waals surface area contributed by atoms with Crippen molar-refractivity contribution in [2.45, 2.75) is 24.9 Å². The Labute approximate surface area is 192 Å². The summed E-state index contributed by atoms with van der Waals surface area (Å²) in [6, 6.07) is 8.61. The van der Waals surface area contributed by atoms with E-state index in [1.807, 2.05) is 0 Å². The summed E-state index contributed by atoms with van der Waals surface area (Å²) in [5, 5.41) is 39.1. The SMILES string of the molecule is O=C(O)[C@H](Cc1ccc(O)cc1)NP(=O)(O)O.O=C(O)[C@H](Cc1ccc(O)cc1)NP(=O)(O)O. The zero-order chi connectivity index (χ0) is 26.1. The average molecular weight is 522 g/mol. The maximum absolute atomic E-state index is 10.8. The topological polar surface area (TPSA) is 254 Å². The number of hydrogen-bond donors (Lipinski definition) is 10. The normalized spacial score (nSPS) is 13.3. The summed E-state index contributed by atoms with van der Waals surface area (Å²) < 4.78 is 21.3. The number of nitrogens with one attached hydrogen (secondary N) is 2. The molecule has 14 nitrogen and oxygen atoms in total. The van der Waals surface area contributed by atoms with Crippen LogP contribution in [-0.4, -0.2) is 64.0 Å². The number of carboxylic acids is 2. The molecule has 0 spiro atoms. The zero-order valence-electron chi connectivity index (χ0n) is 17.3. The molecule has 188 valence electrons. The number of carbonyl (C=O) groups is 2. The van der Waals surface area contributed by atoms with Crippen LogP contribution in [0.1, 0.15) is 11.1 Å². The van der Waals surface area contributed by atoms with Gasteiger partial charge in [0, 0.05) is 0 Å². The molecule has 10 N–H and O–H groups in total. The van der Waals surface area contributed by atoms with Gasteiger partial charge in [0.15, 0.2) is 0 Å². The van der Waals surface area contributed by atoms with Crippen LogP contribution in [0.4, 0.5) is 0 Å². The third-order valence-electron chi connectivity index (χ3n) is 4.00. The maximum atomic E-state index is 10.8. The molecule has 0 bridgehead atoms. The molecular weight excluding hydrogens is 498 g/mol. The molecule has 0 fully saturated rings. The number of benzene rings is 2. The Balaban J connectivity index is 0.000000340. The largest absolute Gasteiger partial charge is 0.508 e. The van der Waals surface area contributed by atoms with Crippen LogP contribution in [0.5, 0.6) is 11.5 Å². The Kier molecular flexibility index (Phi) is 10.8. The van der Waals surface area contributed by atoms with Gasteiger partial charge < -0.3 is 40.0 Å². The molecule has 0 aliphatic rings. The predicted octanol–water partition coefficient (Wildman–Crippen LogP) is 0.140. The van der Waals surface area contributed by atoms with Gasteiger partial charge in [0.1, 0.15) is 23.6 Å². The monoisotopic (exact) mass is 522 g/mol. The Morgan fingerprint density at radius 1 is 0.647 bits per heavy atom. The van der Waals surface area contributed by atoms with E-state index in [0.29, 0.717) is 11.1 Å². The lowest BCUT2D eigenvalue weighted by Gasteiger charge is -2.15. The summed E-state index contributed by atoms with van der Waals surface area (Å²) >= 11 is 0. The number of aromatic hydroxyl groups is 2. The van der Waals surface area contributed by atoms with E-state index in [1.165, 1.54) is 48.5 Å². The zero-order valence-corrected chi connectivity index (χ0v) is 19.1. The molecule has 2 aromatic carbocycles. The third kappa shape index (κ3) is 12.4. The van der Waals surface area contributed by atoms with Crippen molar-refractivity contribution in [3.8, 4) is 11.5 Å². The summed E-state index contributed by atoms with van der Waals surface area (Å²) in [4.78, 5) is 56.2. The van der Waals surface area contributed by atoms with Crippen molar-refractivity contribution < 1.29 is 58.7 Å². The van der Waals surface area contributed by atoms with Gasteiger partial charge in [0.05, 0.1) is 0 Å². The Bertz CT molecular complexity index is 964. The molecule has 0 unspecified atom stereocenters. The summed E-state index contributed by atoms with van der Waals surface area (Å²) in [5.74, 6) is -2.66. The number of carboxylic acid groups (broad SMARTS) is 2. The van der Waals surface area contributed by atoms with E-state index in [4.69, 9.17) is 40.0 Å². The average Bonchev–Trinajstić information content (AvgIpc) is 2.68. The van der Waals surface area contributed by atoms with E-state index < -0.39 is 39.5 Å². The molecule has 2 atom stereocenters. The minimum Gasteiger partial charge on any atom is -0.508 e. The molecule has 0 aromatic heterocycles. The lowest BCUT2D eigenvalue weighted by Crippen LogP contribution is -2.36. The first-order chi connectivity index (χ1) is 15.6. The second-order valence-corrected chi connectivity index (χ2v) is 9.56. The number of aliphatic carboxylic acids is 2. The second kappa shape index (κ2) is 12.6. The number of phenolic OH excluding ortho intramolecular Hbond substituents is 2. The first-order valence-corrected chi connectivity index (χ1v) is 12.5. The molecule has 2 aromatic rings. The molecule has 0 saturated heterocycles. The van der Waals surface area contributed by atoms with Gasteiger partial charge in [-0.25, -0.2) is 19.3 Å². The molecule has 0 aliphatic carbocycles. The fourth-order valence-corrected chi connectivity index (χ4v) is 3.73. The van der Waals surface area contributed by atoms with Crippen molar-refractivity contribution in [2.75, 3.05) is 0 Å². The van der Waals surface area contributed by atoms with Crippen molar-refractivity contribution in [2.24, 2.45) is 0 Å². The van der Waals surface area contributed by atoms with E-state index in [1.54, 1.807) is 10.2 Å². The van der Waals surface area contributed by atoms with E-state index in [0.717, 1.165) is 0 Å². The Morgan fingerprint density at radius 3 is 1.12 bits per heavy atom. The summed E-state index contributed by atoms with van der Waals surface area (Å²) in [5.41, 5.74) is 1.08. The van der Waals surface area contributed by atoms with Crippen molar-refractivity contribution in [3.05, 3.63) is 59.7 Å². The molecule has 0 aliphatic heterocycles. The number of rotatable bonds is 10. The summed E-state index contributed by atoms with van der Waals surface area (Å²) in [6.07, 6.45) is -0.193. The van der Waals surface area contributed by atoms with E-state index in [2.05, 4.69) is 0 Å². The maximum Gasteiger partial charge on any atom is 0.401 e. The predicted molar refractivity (Wildman–Crippen MR) is 117 cm³/mol. The number of phenols is 2. The van der Waals surface area contributed by atoms with E-state index in [9.17, 15) is 18.7 Å². The van der Waals surface area contributed by atoms with Gasteiger partial charge in [-0.2, -0.15) is 0 Å². The van der Waals surface area contributed by atoms with E-state index >= 15 is 0 Å². The van der Waals surface area contributed by atoms with E-state index in [-0.39, 0.29) is 24.3 Å². The van der Waals surface area contributed by atoms with Gasteiger partial charge in [-0.1, -0.05) is 24.3 Å². The highest BCUT2D eigenvalue weighted by atomic mass is 31.2. The fraction of sp³-hybridized carbons (Fsp3) is 0.222. The molecular formula is C18H24N2O12P2. The summed E-state index contributed by atoms with van der Waals surface area (Å²) in [6.45, 7) is 0. The smallest absolute Gasteiger partial charge is 0.401 e. The molecule has 34 heavy (non-hydrogen) atoms. The first-order valence-electron chi connectivity index (χ1n) is 9.24. The van der Waals surface area contributed by atoms with Crippen LogP contribution in [0.2, 0.25) is 0 Å². The van der Waals surface area contributed by atoms with Gasteiger partial charge in [-0.05, 0) is 48.2 Å². The standard InChI is InChI=1S/2C9H12NO6P/c2*11-7-3-1-6(2-4-7)5-8(9(12)13)10-17(14,15)16/h2*1-4,8,11H,5H2,(H,12,13)(H3,10,14,15,16)/t2*8-/m00/s1. The minimum absolute atomic E-state index is 0.0311. The van der Waals surface area contributed by atoms with Crippen molar-refractivity contribution >= 4 is 27.4 Å². The fourth-order valence-electron chi connectivity index (χ4n) is 2.52. The van der Waals surface area contributed by atoms with Crippen LogP contribution >= 0.6 is 15.5 Å². The minimum atomic E-state index is -4.60. The van der Waals surface area contributed by atoms with Gasteiger partial charge in [-0.3, -0.25) is 9.59 Å². The van der Waals surface area contributed by atoms with Gasteiger partial charge in [0.25, 0.3) is 0 Å². The molecule has 16 heteroatoms. The number of hydrogen-bond acceptors (Lipinski definition) is 6. The van der Waals surface area contributed by atoms with Gasteiger partial charge in [0.2, 0.25) is 0 Å². The van der Waals surface area contributed by atoms with Crippen LogP contribution < -0.4 is 10.2 Å². The highest BCUT2D eigenvalue weighted by Gasteiger charge is 2.26. The van der Waals surface area contributed by atoms with Crippen molar-refractivity contribution in [3.63, 3.8) is 0 Å².